The van der Waals surface area contributed by atoms with Crippen LogP contribution < -0.4 is 5.32 Å². The summed E-state index contributed by atoms with van der Waals surface area (Å²) in [5.74, 6) is 0.922. The largest absolute Gasteiger partial charge is 0.416 e. The molecule has 122 valence electrons. The molecule has 1 saturated heterocycles. The van der Waals surface area contributed by atoms with E-state index in [-0.39, 0.29) is 12.5 Å². The first-order valence-corrected chi connectivity index (χ1v) is 7.43. The highest BCUT2D eigenvalue weighted by Crippen LogP contribution is 2.29. The topological polar surface area (TPSA) is 32.3 Å². The summed E-state index contributed by atoms with van der Waals surface area (Å²) in [5, 5.41) is 2.65. The first-order valence-electron chi connectivity index (χ1n) is 7.43. The van der Waals surface area contributed by atoms with Crippen LogP contribution in [-0.4, -0.2) is 30.4 Å². The summed E-state index contributed by atoms with van der Waals surface area (Å²) in [6.07, 6.45) is -3.19. The van der Waals surface area contributed by atoms with Crippen molar-refractivity contribution in [3.05, 3.63) is 29.8 Å². The zero-order valence-corrected chi connectivity index (χ0v) is 12.8. The SMILES string of the molecule is C[C@@H]1C[C@H](C)CN(CC(=O)Nc2ccc(C(F)(F)F)cc2)C1. The minimum Gasteiger partial charge on any atom is -0.325 e. The molecule has 1 aliphatic heterocycles. The summed E-state index contributed by atoms with van der Waals surface area (Å²) < 4.78 is 37.4. The maximum Gasteiger partial charge on any atom is 0.416 e. The molecular formula is C16H21F3N2O. The average molecular weight is 314 g/mol. The van der Waals surface area contributed by atoms with Crippen LogP contribution in [0.4, 0.5) is 18.9 Å². The second kappa shape index (κ2) is 6.69. The molecule has 0 aromatic heterocycles. The molecule has 6 heteroatoms. The zero-order valence-electron chi connectivity index (χ0n) is 12.8. The highest BCUT2D eigenvalue weighted by atomic mass is 19.4. The number of carbonyl (C=O) groups excluding carboxylic acids is 1. The molecule has 1 aromatic rings. The number of carbonyl (C=O) groups is 1. The van der Waals surface area contributed by atoms with Crippen molar-refractivity contribution in [1.29, 1.82) is 0 Å². The van der Waals surface area contributed by atoms with Gasteiger partial charge in [-0.1, -0.05) is 13.8 Å². The van der Waals surface area contributed by atoms with E-state index in [1.165, 1.54) is 12.1 Å². The number of anilines is 1. The molecule has 0 spiro atoms. The lowest BCUT2D eigenvalue weighted by Gasteiger charge is -2.34. The Morgan fingerprint density at radius 3 is 2.23 bits per heavy atom. The van der Waals surface area contributed by atoms with E-state index in [4.69, 9.17) is 0 Å². The highest BCUT2D eigenvalue weighted by molar-refractivity contribution is 5.92. The van der Waals surface area contributed by atoms with Crippen molar-refractivity contribution in [2.75, 3.05) is 25.0 Å². The fraction of sp³-hybridized carbons (Fsp3) is 0.562. The third kappa shape index (κ3) is 4.73. The van der Waals surface area contributed by atoms with Gasteiger partial charge in [-0.2, -0.15) is 13.2 Å². The van der Waals surface area contributed by atoms with Crippen LogP contribution in [0.1, 0.15) is 25.8 Å². The zero-order chi connectivity index (χ0) is 16.3. The number of amides is 1. The number of halogens is 3. The van der Waals surface area contributed by atoms with Gasteiger partial charge in [0.15, 0.2) is 0 Å². The Kier molecular flexibility index (Phi) is 5.11. The van der Waals surface area contributed by atoms with Crippen LogP contribution in [0.15, 0.2) is 24.3 Å². The summed E-state index contributed by atoms with van der Waals surface area (Å²) in [4.78, 5) is 14.1. The van der Waals surface area contributed by atoms with Gasteiger partial charge in [-0.05, 0) is 42.5 Å². The van der Waals surface area contributed by atoms with Crippen LogP contribution in [0.25, 0.3) is 0 Å². The Labute approximate surface area is 128 Å². The molecule has 1 amide bonds. The van der Waals surface area contributed by atoms with E-state index in [9.17, 15) is 18.0 Å². The Morgan fingerprint density at radius 1 is 1.18 bits per heavy atom. The molecular weight excluding hydrogens is 293 g/mol. The summed E-state index contributed by atoms with van der Waals surface area (Å²) in [7, 11) is 0. The molecule has 2 rings (SSSR count). The predicted octanol–water partition coefficient (Wildman–Crippen LogP) is 3.62. The standard InChI is InChI=1S/C16H21F3N2O/c1-11-7-12(2)9-21(8-11)10-15(22)20-14-5-3-13(4-6-14)16(17,18)19/h3-6,11-12H,7-10H2,1-2H3,(H,20,22)/t11-,12+. The molecule has 0 saturated carbocycles. The van der Waals surface area contributed by atoms with Gasteiger partial charge >= 0.3 is 6.18 Å². The lowest BCUT2D eigenvalue weighted by Crippen LogP contribution is -2.42. The van der Waals surface area contributed by atoms with Gasteiger partial charge < -0.3 is 5.32 Å². The maximum atomic E-state index is 12.5. The van der Waals surface area contributed by atoms with Crippen molar-refractivity contribution in [3.63, 3.8) is 0 Å². The molecule has 1 heterocycles. The van der Waals surface area contributed by atoms with Crippen LogP contribution in [0.2, 0.25) is 0 Å². The van der Waals surface area contributed by atoms with Crippen molar-refractivity contribution < 1.29 is 18.0 Å². The van der Waals surface area contributed by atoms with E-state index >= 15 is 0 Å². The van der Waals surface area contributed by atoms with Crippen LogP contribution in [0, 0.1) is 11.8 Å². The van der Waals surface area contributed by atoms with Crippen molar-refractivity contribution >= 4 is 11.6 Å². The number of hydrogen-bond acceptors (Lipinski definition) is 2. The van der Waals surface area contributed by atoms with E-state index in [2.05, 4.69) is 24.1 Å². The molecule has 0 unspecified atom stereocenters. The van der Waals surface area contributed by atoms with Gasteiger partial charge in [0.25, 0.3) is 0 Å². The molecule has 22 heavy (non-hydrogen) atoms. The Balaban J connectivity index is 1.89. The Morgan fingerprint density at radius 2 is 1.73 bits per heavy atom. The predicted molar refractivity (Wildman–Crippen MR) is 79.5 cm³/mol. The summed E-state index contributed by atoms with van der Waals surface area (Å²) in [6, 6.07) is 4.51. The lowest BCUT2D eigenvalue weighted by molar-refractivity contribution is -0.137. The van der Waals surface area contributed by atoms with Gasteiger partial charge in [0.05, 0.1) is 12.1 Å². The number of alkyl halides is 3. The number of piperidine rings is 1. The highest BCUT2D eigenvalue weighted by Gasteiger charge is 2.30. The monoisotopic (exact) mass is 314 g/mol. The quantitative estimate of drug-likeness (QED) is 0.924. The number of benzene rings is 1. The maximum absolute atomic E-state index is 12.5. The third-order valence-electron chi connectivity index (χ3n) is 3.81. The Hall–Kier alpha value is -1.56. The second-order valence-corrected chi connectivity index (χ2v) is 6.26. The molecule has 0 bridgehead atoms. The van der Waals surface area contributed by atoms with E-state index < -0.39 is 11.7 Å². The van der Waals surface area contributed by atoms with Gasteiger partial charge in [0.2, 0.25) is 5.91 Å². The molecule has 0 aliphatic carbocycles. The number of rotatable bonds is 3. The number of hydrogen-bond donors (Lipinski definition) is 1. The fourth-order valence-electron chi connectivity index (χ4n) is 3.07. The molecule has 3 nitrogen and oxygen atoms in total. The van der Waals surface area contributed by atoms with Gasteiger partial charge in [0.1, 0.15) is 0 Å². The number of likely N-dealkylation sites (tertiary alicyclic amines) is 1. The first-order chi connectivity index (χ1) is 10.2. The number of nitrogens with zero attached hydrogens (tertiary/aromatic N) is 1. The average Bonchev–Trinajstić information content (AvgIpc) is 2.36. The van der Waals surface area contributed by atoms with Gasteiger partial charge in [-0.3, -0.25) is 9.69 Å². The van der Waals surface area contributed by atoms with Gasteiger partial charge in [-0.25, -0.2) is 0 Å². The van der Waals surface area contributed by atoms with Gasteiger partial charge in [0, 0.05) is 18.8 Å². The van der Waals surface area contributed by atoms with Crippen molar-refractivity contribution in [2.45, 2.75) is 26.4 Å². The minimum atomic E-state index is -4.36. The molecule has 1 fully saturated rings. The fourth-order valence-corrected chi connectivity index (χ4v) is 3.07. The molecule has 2 atom stereocenters. The molecule has 1 N–H and O–H groups in total. The summed E-state index contributed by atoms with van der Waals surface area (Å²) >= 11 is 0. The van der Waals surface area contributed by atoms with Gasteiger partial charge in [-0.15, -0.1) is 0 Å². The summed E-state index contributed by atoms with van der Waals surface area (Å²) in [6.45, 7) is 6.36. The van der Waals surface area contributed by atoms with Crippen molar-refractivity contribution in [1.82, 2.24) is 4.90 Å². The van der Waals surface area contributed by atoms with E-state index in [1.807, 2.05) is 0 Å². The Bertz CT molecular complexity index is 503. The first kappa shape index (κ1) is 16.8. The molecule has 1 aliphatic rings. The number of nitrogens with one attached hydrogen (secondary N) is 1. The van der Waals surface area contributed by atoms with E-state index in [1.54, 1.807) is 0 Å². The van der Waals surface area contributed by atoms with E-state index in [0.29, 0.717) is 17.5 Å². The lowest BCUT2D eigenvalue weighted by atomic mass is 9.92. The van der Waals surface area contributed by atoms with Crippen LogP contribution in [-0.2, 0) is 11.0 Å². The van der Waals surface area contributed by atoms with Crippen LogP contribution in [0.3, 0.4) is 0 Å². The van der Waals surface area contributed by atoms with Crippen LogP contribution in [0.5, 0.6) is 0 Å². The third-order valence-corrected chi connectivity index (χ3v) is 3.81. The molecule has 1 aromatic carbocycles. The van der Waals surface area contributed by atoms with Crippen molar-refractivity contribution in [3.8, 4) is 0 Å². The van der Waals surface area contributed by atoms with Crippen LogP contribution >= 0.6 is 0 Å². The normalized spacial score (nSPS) is 23.3. The second-order valence-electron chi connectivity index (χ2n) is 6.26. The smallest absolute Gasteiger partial charge is 0.325 e. The minimum absolute atomic E-state index is 0.193. The van der Waals surface area contributed by atoms with E-state index in [0.717, 1.165) is 31.6 Å². The summed E-state index contributed by atoms with van der Waals surface area (Å²) in [5.41, 5.74) is -0.333. The van der Waals surface area contributed by atoms with Crippen molar-refractivity contribution in [2.24, 2.45) is 11.8 Å². The molecule has 0 radical (unpaired) electrons.